The molecule has 0 unspecified atom stereocenters. The van der Waals surface area contributed by atoms with Crippen molar-refractivity contribution < 1.29 is 40.6 Å². The normalized spacial score (nSPS) is 14.0. The molecule has 5 N–H and O–H groups in total. The van der Waals surface area contributed by atoms with Crippen molar-refractivity contribution in [3.8, 4) is 22.3 Å². The smallest absolute Gasteiger partial charge is 0.338 e. The van der Waals surface area contributed by atoms with Crippen LogP contribution in [-0.2, 0) is 55.1 Å². The summed E-state index contributed by atoms with van der Waals surface area (Å²) in [6.45, 7) is 3.02. The van der Waals surface area contributed by atoms with Gasteiger partial charge in [0.15, 0.2) is 0 Å². The number of amides is 2. The number of carbonyl (C=O) groups is 3. The van der Waals surface area contributed by atoms with Crippen molar-refractivity contribution in [1.29, 1.82) is 0 Å². The van der Waals surface area contributed by atoms with Gasteiger partial charge in [-0.2, -0.15) is 0 Å². The van der Waals surface area contributed by atoms with Crippen LogP contribution in [0.3, 0.4) is 0 Å². The van der Waals surface area contributed by atoms with Crippen molar-refractivity contribution in [1.82, 2.24) is 19.8 Å². The van der Waals surface area contributed by atoms with Gasteiger partial charge in [-0.15, -0.1) is 0 Å². The van der Waals surface area contributed by atoms with Crippen molar-refractivity contribution in [3.05, 3.63) is 141 Å². The molecule has 0 bridgehead atoms. The first-order valence-corrected chi connectivity index (χ1v) is 22.3. The van der Waals surface area contributed by atoms with Crippen molar-refractivity contribution >= 4 is 61.4 Å². The maximum absolute atomic E-state index is 13.1. The van der Waals surface area contributed by atoms with Crippen LogP contribution in [0, 0.1) is 0 Å². The molecule has 2 amide bonds. The van der Waals surface area contributed by atoms with Crippen LogP contribution >= 0.6 is 0 Å². The summed E-state index contributed by atoms with van der Waals surface area (Å²) in [4.78, 5) is 38.7. The molecule has 12 nitrogen and oxygen atoms in total. The number of rotatable bonds is 11. The SMILES string of the molecule is COCCOC(=O)c1ccc2c(c1)c1c3c(c4c(c1n2CCCO)Cc1ccccc1-4)C(=O)NC3.O=C1NCc2c1c1c(c3c2c2cc(CO)ccc2n3CCCO)Cc2ccccc2-1.[HH]. The molecular formula is C53H50N4O8. The number of hydrogen-bond acceptors (Lipinski definition) is 8. The standard InChI is InChI=1S/C28H26N2O5.C25H22N2O3.H2/c1-34-11-12-35-28(33)17-7-8-22-19(14-17)24-21-15-29-27(32)25(21)23-18-6-3-2-5-16(18)13-20(23)26(24)30(22)9-4-10-31;28-9-3-8-27-20-7-6-14(13-29)10-17(20)22-19-12-26-25(30)23(19)21-16-5-2-1-4-15(16)11-18(21)24(22)27;/h2-3,5-8,14,31H,4,9-13,15H2,1H3,(H,29,32);1-2,4-7,10,28-29H,3,8-9,11-13H2,(H,26,30);1H. The fraction of sp³-hybridized carbons (Fsp3) is 0.264. The largest absolute Gasteiger partial charge is 0.460 e. The number of aliphatic hydroxyl groups excluding tert-OH is 3. The van der Waals surface area contributed by atoms with Gasteiger partial charge in [0.25, 0.3) is 11.8 Å². The minimum absolute atomic E-state index is 0. The van der Waals surface area contributed by atoms with Gasteiger partial charge >= 0.3 is 5.97 Å². The molecule has 330 valence electrons. The monoisotopic (exact) mass is 870 g/mol. The Hall–Kier alpha value is -6.83. The summed E-state index contributed by atoms with van der Waals surface area (Å²) in [5, 5.41) is 39.0. The van der Waals surface area contributed by atoms with Crippen LogP contribution in [0.5, 0.6) is 0 Å². The number of methoxy groups -OCH3 is 1. The number of carbonyl (C=O) groups excluding carboxylic acids is 3. The predicted octanol–water partition coefficient (Wildman–Crippen LogP) is 7.52. The van der Waals surface area contributed by atoms with E-state index in [9.17, 15) is 29.7 Å². The predicted molar refractivity (Wildman–Crippen MR) is 251 cm³/mol. The molecule has 0 saturated carbocycles. The summed E-state index contributed by atoms with van der Waals surface area (Å²) in [6.07, 6.45) is 2.81. The number of aromatic nitrogens is 2. The number of aliphatic hydroxyl groups is 3. The van der Waals surface area contributed by atoms with Gasteiger partial charge in [0.1, 0.15) is 6.61 Å². The fourth-order valence-corrected chi connectivity index (χ4v) is 11.1. The molecule has 0 saturated heterocycles. The lowest BCUT2D eigenvalue weighted by atomic mass is 9.92. The molecule has 6 aromatic carbocycles. The Kier molecular flexibility index (Phi) is 10.3. The highest BCUT2D eigenvalue weighted by Gasteiger charge is 2.37. The van der Waals surface area contributed by atoms with E-state index >= 15 is 0 Å². The van der Waals surface area contributed by atoms with Crippen LogP contribution in [0.25, 0.3) is 65.9 Å². The van der Waals surface area contributed by atoms with Crippen molar-refractivity contribution in [2.75, 3.05) is 33.5 Å². The van der Waals surface area contributed by atoms with Crippen LogP contribution in [0.4, 0.5) is 0 Å². The molecule has 0 atom stereocenters. The first kappa shape index (κ1) is 40.9. The van der Waals surface area contributed by atoms with E-state index in [1.165, 1.54) is 16.7 Å². The summed E-state index contributed by atoms with van der Waals surface area (Å²) in [5.41, 5.74) is 18.3. The molecule has 0 radical (unpaired) electrons. The number of aryl methyl sites for hydroxylation is 2. The second-order valence-electron chi connectivity index (χ2n) is 17.2. The molecule has 2 aromatic heterocycles. The number of nitrogens with zero attached hydrogens (tertiary/aromatic N) is 2. The highest BCUT2D eigenvalue weighted by atomic mass is 16.6. The van der Waals surface area contributed by atoms with E-state index in [1.54, 1.807) is 13.2 Å². The zero-order chi connectivity index (χ0) is 44.5. The zero-order valence-corrected chi connectivity index (χ0v) is 36.1. The summed E-state index contributed by atoms with van der Waals surface area (Å²) >= 11 is 0. The lowest BCUT2D eigenvalue weighted by molar-refractivity contribution is 0.0388. The minimum Gasteiger partial charge on any atom is -0.460 e. The first-order chi connectivity index (χ1) is 31.9. The third kappa shape index (κ3) is 6.30. The molecule has 0 fully saturated rings. The van der Waals surface area contributed by atoms with Crippen LogP contribution < -0.4 is 10.6 Å². The topological polar surface area (TPSA) is 164 Å². The lowest BCUT2D eigenvalue weighted by Gasteiger charge is -2.13. The number of fused-ring (bicyclic) bond motifs is 20. The summed E-state index contributed by atoms with van der Waals surface area (Å²) in [7, 11) is 1.56. The average Bonchev–Trinajstić information content (AvgIpc) is 4.19. The van der Waals surface area contributed by atoms with E-state index < -0.39 is 5.97 Å². The molecule has 12 heteroatoms. The van der Waals surface area contributed by atoms with Gasteiger partial charge in [-0.1, -0.05) is 54.6 Å². The van der Waals surface area contributed by atoms with Crippen LogP contribution in [0.1, 0.15) is 84.3 Å². The molecule has 65 heavy (non-hydrogen) atoms. The third-order valence-corrected chi connectivity index (χ3v) is 13.7. The van der Waals surface area contributed by atoms with Crippen molar-refractivity contribution in [2.45, 2.75) is 58.5 Å². The van der Waals surface area contributed by atoms with Gasteiger partial charge in [-0.3, -0.25) is 9.59 Å². The van der Waals surface area contributed by atoms with Gasteiger partial charge in [-0.05, 0) is 93.2 Å². The van der Waals surface area contributed by atoms with Crippen molar-refractivity contribution in [2.24, 2.45) is 0 Å². The number of esters is 1. The van der Waals surface area contributed by atoms with Gasteiger partial charge in [0.05, 0.1) is 40.9 Å². The second-order valence-corrected chi connectivity index (χ2v) is 17.2. The average molecular weight is 871 g/mol. The Morgan fingerprint density at radius 3 is 1.69 bits per heavy atom. The summed E-state index contributed by atoms with van der Waals surface area (Å²) < 4.78 is 14.9. The van der Waals surface area contributed by atoms with E-state index in [0.29, 0.717) is 51.2 Å². The van der Waals surface area contributed by atoms with E-state index in [-0.39, 0.29) is 39.7 Å². The highest BCUT2D eigenvalue weighted by molar-refractivity contribution is 6.22. The van der Waals surface area contributed by atoms with Gasteiger partial charge < -0.3 is 44.6 Å². The van der Waals surface area contributed by atoms with Crippen LogP contribution in [-0.4, -0.2) is 75.8 Å². The Labute approximate surface area is 375 Å². The van der Waals surface area contributed by atoms with Crippen LogP contribution in [0.15, 0.2) is 84.9 Å². The second kappa shape index (κ2) is 16.3. The van der Waals surface area contributed by atoms with Gasteiger partial charge in [0.2, 0.25) is 0 Å². The van der Waals surface area contributed by atoms with Crippen molar-refractivity contribution in [3.63, 3.8) is 0 Å². The van der Waals surface area contributed by atoms with E-state index in [1.807, 2.05) is 42.5 Å². The molecule has 12 rings (SSSR count). The summed E-state index contributed by atoms with van der Waals surface area (Å²) in [6, 6.07) is 28.3. The Morgan fingerprint density at radius 1 is 0.646 bits per heavy atom. The van der Waals surface area contributed by atoms with E-state index in [0.717, 1.165) is 112 Å². The quantitative estimate of drug-likeness (QED) is 0.0658. The summed E-state index contributed by atoms with van der Waals surface area (Å²) in [5.74, 6) is -0.463. The van der Waals surface area contributed by atoms with E-state index in [2.05, 4.69) is 56.2 Å². The number of ether oxygens (including phenoxy) is 2. The molecular weight excluding hydrogens is 821 g/mol. The van der Waals surface area contributed by atoms with Gasteiger partial charge in [-0.25, -0.2) is 4.79 Å². The highest BCUT2D eigenvalue weighted by Crippen LogP contribution is 2.50. The maximum Gasteiger partial charge on any atom is 0.338 e. The Balaban J connectivity index is 0.000000154. The zero-order valence-electron chi connectivity index (χ0n) is 36.1. The molecule has 8 aromatic rings. The third-order valence-electron chi connectivity index (χ3n) is 13.7. The molecule has 4 heterocycles. The van der Waals surface area contributed by atoms with E-state index in [4.69, 9.17) is 9.47 Å². The number of nitrogens with one attached hydrogen (secondary N) is 2. The van der Waals surface area contributed by atoms with Crippen LogP contribution in [0.2, 0.25) is 0 Å². The fourth-order valence-electron chi connectivity index (χ4n) is 11.1. The van der Waals surface area contributed by atoms with Gasteiger partial charge in [0, 0.05) is 104 Å². The minimum atomic E-state index is -0.403. The molecule has 4 aliphatic rings. The lowest BCUT2D eigenvalue weighted by Crippen LogP contribution is -2.13. The maximum atomic E-state index is 13.1. The molecule has 0 spiro atoms. The first-order valence-electron chi connectivity index (χ1n) is 22.3. The number of benzene rings is 6. The number of hydrogen-bond donors (Lipinski definition) is 5. The Bertz CT molecular complexity index is 3330. The molecule has 2 aliphatic carbocycles. The molecule has 2 aliphatic heterocycles. The Morgan fingerprint density at radius 2 is 1.17 bits per heavy atom.